The average molecular weight is 765 g/mol. The van der Waals surface area contributed by atoms with Crippen molar-refractivity contribution < 1.29 is 0 Å². The minimum absolute atomic E-state index is 0.0560. The molecule has 0 N–H and O–H groups in total. The Morgan fingerprint density at radius 3 is 1.43 bits per heavy atom. The molecular formula is C60H44. The smallest absolute Gasteiger partial charge is 0.0159 e. The molecule has 0 amide bonds. The van der Waals surface area contributed by atoms with Gasteiger partial charge >= 0.3 is 0 Å². The molecule has 10 aromatic carbocycles. The molecular weight excluding hydrogens is 721 g/mol. The van der Waals surface area contributed by atoms with Crippen molar-refractivity contribution in [1.82, 2.24) is 0 Å². The van der Waals surface area contributed by atoms with Crippen LogP contribution in [0, 0.1) is 0 Å². The Kier molecular flexibility index (Phi) is 7.42. The van der Waals surface area contributed by atoms with Crippen LogP contribution in [0.2, 0.25) is 0 Å². The van der Waals surface area contributed by atoms with Crippen molar-refractivity contribution in [2.45, 2.75) is 38.5 Å². The van der Waals surface area contributed by atoms with Gasteiger partial charge in [0.2, 0.25) is 0 Å². The molecule has 0 bridgehead atoms. The van der Waals surface area contributed by atoms with Gasteiger partial charge in [-0.25, -0.2) is 0 Å². The second kappa shape index (κ2) is 12.7. The summed E-state index contributed by atoms with van der Waals surface area (Å²) < 4.78 is 0. The molecule has 0 heterocycles. The van der Waals surface area contributed by atoms with Crippen LogP contribution in [0.15, 0.2) is 194 Å². The Morgan fingerprint density at radius 1 is 0.233 bits per heavy atom. The maximum atomic E-state index is 2.49. The van der Waals surface area contributed by atoms with Crippen molar-refractivity contribution >= 4 is 32.3 Å². The summed E-state index contributed by atoms with van der Waals surface area (Å²) >= 11 is 0. The highest BCUT2D eigenvalue weighted by molar-refractivity contribution is 6.24. The van der Waals surface area contributed by atoms with Crippen LogP contribution >= 0.6 is 0 Å². The van der Waals surface area contributed by atoms with Crippen LogP contribution in [0.4, 0.5) is 0 Å². The van der Waals surface area contributed by atoms with Gasteiger partial charge in [0.25, 0.3) is 0 Å². The lowest BCUT2D eigenvalue weighted by atomic mass is 9.80. The zero-order valence-electron chi connectivity index (χ0n) is 34.5. The van der Waals surface area contributed by atoms with E-state index in [-0.39, 0.29) is 10.8 Å². The van der Waals surface area contributed by atoms with E-state index in [0.29, 0.717) is 0 Å². The standard InChI is InChI=1S/C60H44/c1-59(2)54-25-15-13-21-45(54)51-35-40(28-33-55(51)59)57-47-22-10-11-23-48(47)58(49-32-31-41(37-16-6-5-7-17-37)42-18-8-9-19-43(42)49)50-30-27-38(34-52(50)57)39-26-29-46-44-20-12-14-24-53(44)60(3,4)56(46)36-39/h5-36H,1-4H3. The first-order valence-corrected chi connectivity index (χ1v) is 21.3. The third kappa shape index (κ3) is 4.91. The Bertz CT molecular complexity index is 3410. The molecule has 0 spiro atoms. The van der Waals surface area contributed by atoms with Gasteiger partial charge in [-0.1, -0.05) is 204 Å². The summed E-state index contributed by atoms with van der Waals surface area (Å²) in [5, 5.41) is 7.60. The van der Waals surface area contributed by atoms with Crippen molar-refractivity contribution in [3.05, 3.63) is 216 Å². The molecule has 10 aromatic rings. The second-order valence-corrected chi connectivity index (χ2v) is 18.0. The normalized spacial score (nSPS) is 14.3. The molecule has 60 heavy (non-hydrogen) atoms. The predicted octanol–water partition coefficient (Wildman–Crippen LogP) is 16.4. The van der Waals surface area contributed by atoms with Gasteiger partial charge in [0, 0.05) is 10.8 Å². The van der Waals surface area contributed by atoms with Gasteiger partial charge in [-0.3, -0.25) is 0 Å². The summed E-state index contributed by atoms with van der Waals surface area (Å²) in [4.78, 5) is 0. The topological polar surface area (TPSA) is 0 Å². The van der Waals surface area contributed by atoms with E-state index in [4.69, 9.17) is 0 Å². The van der Waals surface area contributed by atoms with Gasteiger partial charge < -0.3 is 0 Å². The highest BCUT2D eigenvalue weighted by Gasteiger charge is 2.37. The van der Waals surface area contributed by atoms with E-state index >= 15 is 0 Å². The molecule has 0 fully saturated rings. The number of benzene rings is 10. The molecule has 0 radical (unpaired) electrons. The van der Waals surface area contributed by atoms with Crippen LogP contribution in [0.1, 0.15) is 49.9 Å². The molecule has 2 aliphatic carbocycles. The van der Waals surface area contributed by atoms with Gasteiger partial charge in [-0.15, -0.1) is 0 Å². The van der Waals surface area contributed by atoms with E-state index in [9.17, 15) is 0 Å². The van der Waals surface area contributed by atoms with E-state index in [1.807, 2.05) is 0 Å². The van der Waals surface area contributed by atoms with E-state index in [1.165, 1.54) is 121 Å². The van der Waals surface area contributed by atoms with Crippen LogP contribution in [0.5, 0.6) is 0 Å². The molecule has 0 aromatic heterocycles. The van der Waals surface area contributed by atoms with Gasteiger partial charge in [-0.2, -0.15) is 0 Å². The third-order valence-corrected chi connectivity index (χ3v) is 14.1. The van der Waals surface area contributed by atoms with Gasteiger partial charge in [0.05, 0.1) is 0 Å². The fraction of sp³-hybridized carbons (Fsp3) is 0.100. The molecule has 0 aliphatic heterocycles. The summed E-state index contributed by atoms with van der Waals surface area (Å²) in [7, 11) is 0. The molecule has 0 atom stereocenters. The lowest BCUT2D eigenvalue weighted by molar-refractivity contribution is 0.660. The second-order valence-electron chi connectivity index (χ2n) is 18.0. The number of hydrogen-bond acceptors (Lipinski definition) is 0. The first kappa shape index (κ1) is 35.0. The first-order chi connectivity index (χ1) is 29.3. The average Bonchev–Trinajstić information content (AvgIpc) is 3.66. The number of hydrogen-bond donors (Lipinski definition) is 0. The third-order valence-electron chi connectivity index (χ3n) is 14.1. The van der Waals surface area contributed by atoms with Crippen LogP contribution in [-0.2, 0) is 10.8 Å². The van der Waals surface area contributed by atoms with Crippen LogP contribution < -0.4 is 0 Å². The van der Waals surface area contributed by atoms with Gasteiger partial charge in [0.1, 0.15) is 0 Å². The fourth-order valence-corrected chi connectivity index (χ4v) is 11.1. The van der Waals surface area contributed by atoms with E-state index in [0.717, 1.165) is 0 Å². The summed E-state index contributed by atoms with van der Waals surface area (Å²) in [6.07, 6.45) is 0. The minimum Gasteiger partial charge on any atom is -0.0622 e. The lowest BCUT2D eigenvalue weighted by Gasteiger charge is -2.23. The molecule has 0 nitrogen and oxygen atoms in total. The SMILES string of the molecule is CC1(C)c2ccccc2-c2cc(-c3c4ccccc4c(-c4ccc(-c5ccccc5)c5ccccc45)c4ccc(-c5ccc6c(c5)C(C)(C)c5ccccc5-6)cc34)ccc21. The number of rotatable bonds is 4. The Hall–Kier alpha value is -7.02. The van der Waals surface area contributed by atoms with Crippen LogP contribution in [-0.4, -0.2) is 0 Å². The van der Waals surface area contributed by atoms with Crippen molar-refractivity contribution in [3.8, 4) is 66.8 Å². The Balaban J connectivity index is 1.15. The van der Waals surface area contributed by atoms with E-state index < -0.39 is 0 Å². The maximum absolute atomic E-state index is 2.49. The molecule has 0 unspecified atom stereocenters. The highest BCUT2D eigenvalue weighted by Crippen LogP contribution is 2.53. The summed E-state index contributed by atoms with van der Waals surface area (Å²) in [6.45, 7) is 9.48. The van der Waals surface area contributed by atoms with Gasteiger partial charge in [0.15, 0.2) is 0 Å². The molecule has 284 valence electrons. The maximum Gasteiger partial charge on any atom is 0.0159 e. The van der Waals surface area contributed by atoms with Crippen molar-refractivity contribution in [1.29, 1.82) is 0 Å². The van der Waals surface area contributed by atoms with E-state index in [1.54, 1.807) is 0 Å². The van der Waals surface area contributed by atoms with Gasteiger partial charge in [-0.05, 0) is 140 Å². The molecule has 2 aliphatic rings. The van der Waals surface area contributed by atoms with E-state index in [2.05, 4.69) is 222 Å². The Labute approximate surface area is 352 Å². The van der Waals surface area contributed by atoms with Crippen LogP contribution in [0.25, 0.3) is 99.1 Å². The lowest BCUT2D eigenvalue weighted by Crippen LogP contribution is -2.14. The summed E-state index contributed by atoms with van der Waals surface area (Å²) in [5.41, 5.74) is 20.9. The minimum atomic E-state index is -0.0746. The zero-order chi connectivity index (χ0) is 40.3. The molecule has 12 rings (SSSR count). The molecule has 0 saturated carbocycles. The fourth-order valence-electron chi connectivity index (χ4n) is 11.1. The zero-order valence-corrected chi connectivity index (χ0v) is 34.5. The largest absolute Gasteiger partial charge is 0.0622 e. The Morgan fingerprint density at radius 2 is 0.700 bits per heavy atom. The van der Waals surface area contributed by atoms with Crippen molar-refractivity contribution in [2.75, 3.05) is 0 Å². The van der Waals surface area contributed by atoms with Crippen LogP contribution in [0.3, 0.4) is 0 Å². The first-order valence-electron chi connectivity index (χ1n) is 21.3. The number of fused-ring (bicyclic) bond motifs is 9. The predicted molar refractivity (Wildman–Crippen MR) is 256 cm³/mol. The molecule has 0 saturated heterocycles. The van der Waals surface area contributed by atoms with Crippen molar-refractivity contribution in [2.24, 2.45) is 0 Å². The monoisotopic (exact) mass is 764 g/mol. The van der Waals surface area contributed by atoms with Crippen molar-refractivity contribution in [3.63, 3.8) is 0 Å². The molecule has 0 heteroatoms. The highest BCUT2D eigenvalue weighted by atomic mass is 14.4. The summed E-state index contributed by atoms with van der Waals surface area (Å²) in [5.74, 6) is 0. The summed E-state index contributed by atoms with van der Waals surface area (Å²) in [6, 6.07) is 73.2. The quantitative estimate of drug-likeness (QED) is 0.157.